The van der Waals surface area contributed by atoms with Crippen LogP contribution in [0, 0.1) is 24.3 Å². The van der Waals surface area contributed by atoms with Crippen LogP contribution in [-0.4, -0.2) is 0 Å². The molecule has 1 aromatic carbocycles. The summed E-state index contributed by atoms with van der Waals surface area (Å²) in [7, 11) is 12.0. The maximum atomic E-state index is 5.99. The predicted octanol–water partition coefficient (Wildman–Crippen LogP) is 4.60. The Morgan fingerprint density at radius 3 is 1.75 bits per heavy atom. The van der Waals surface area contributed by atoms with Crippen molar-refractivity contribution in [3.63, 3.8) is 0 Å². The number of aryl methyl sites for hydroxylation is 3. The second-order valence-electron chi connectivity index (χ2n) is 2.91. The molecule has 0 unspecified atom stereocenters. The van der Waals surface area contributed by atoms with Gasteiger partial charge in [-0.05, 0) is 0 Å². The summed E-state index contributed by atoms with van der Waals surface area (Å²) < 4.78 is 1.20. The van der Waals surface area contributed by atoms with Gasteiger partial charge in [-0.1, -0.05) is 0 Å². The van der Waals surface area contributed by atoms with E-state index in [0.717, 1.165) is 0 Å². The molecule has 0 aliphatic carbocycles. The molecular weight excluding hydrogens is 306 g/mol. The zero-order chi connectivity index (χ0) is 9.30. The van der Waals surface area contributed by atoms with Crippen LogP contribution in [0.4, 0.5) is 0 Å². The first-order valence-electron chi connectivity index (χ1n) is 3.63. The summed E-state index contributed by atoms with van der Waals surface area (Å²) in [4.78, 5) is 0. The molecule has 0 N–H and O–H groups in total. The molecule has 0 saturated carbocycles. The summed E-state index contributed by atoms with van der Waals surface area (Å²) in [5.74, 6) is 0. The van der Waals surface area contributed by atoms with Crippen molar-refractivity contribution in [1.82, 2.24) is 0 Å². The summed E-state index contributed by atoms with van der Waals surface area (Å²) in [6, 6.07) is 4.27. The Morgan fingerprint density at radius 2 is 1.42 bits per heavy atom. The molecule has 0 atom stereocenters. The first kappa shape index (κ1) is 10.6. The molecule has 68 valence electrons. The van der Waals surface area contributed by atoms with Crippen molar-refractivity contribution in [2.45, 2.75) is 20.8 Å². The summed E-state index contributed by atoms with van der Waals surface area (Å²) in [5.41, 5.74) is 3.75. The van der Waals surface area contributed by atoms with Gasteiger partial charge >= 0.3 is 88.5 Å². The molecule has 0 amide bonds. The predicted molar refractivity (Wildman–Crippen MR) is 65.1 cm³/mol. The van der Waals surface area contributed by atoms with Crippen molar-refractivity contribution in [3.8, 4) is 0 Å². The van der Waals surface area contributed by atoms with Crippen molar-refractivity contribution in [3.05, 3.63) is 32.4 Å². The van der Waals surface area contributed by atoms with Gasteiger partial charge in [-0.3, -0.25) is 0 Å². The topological polar surface area (TPSA) is 0 Å². The van der Waals surface area contributed by atoms with Gasteiger partial charge in [0.15, 0.2) is 0 Å². The van der Waals surface area contributed by atoms with Crippen molar-refractivity contribution in [1.29, 1.82) is 0 Å². The van der Waals surface area contributed by atoms with Crippen LogP contribution in [0.5, 0.6) is 0 Å². The molecule has 12 heavy (non-hydrogen) atoms. The van der Waals surface area contributed by atoms with Crippen LogP contribution in [0.15, 0.2) is 12.1 Å². The van der Waals surface area contributed by atoms with Crippen LogP contribution in [0.3, 0.4) is 0 Å². The fraction of sp³-hybridized carbons (Fsp3) is 0.333. The van der Waals surface area contributed by atoms with E-state index in [9.17, 15) is 0 Å². The second-order valence-corrected chi connectivity index (χ2v) is 9.93. The maximum absolute atomic E-state index is 5.99. The average Bonchev–Trinajstić information content (AvgIpc) is 1.82. The van der Waals surface area contributed by atoms with E-state index in [1.165, 1.54) is 20.3 Å². The van der Waals surface area contributed by atoms with Crippen LogP contribution in [0.2, 0.25) is 0 Å². The normalized spacial score (nSPS) is 11.6. The van der Waals surface area contributed by atoms with E-state index in [-0.39, 0.29) is 0 Å². The molecule has 0 saturated heterocycles. The Hall–Kier alpha value is 0.530. The first-order valence-corrected chi connectivity index (χ1v) is 10.2. The molecule has 0 heterocycles. The van der Waals surface area contributed by atoms with Crippen LogP contribution in [-0.2, 0) is 0 Å². The third kappa shape index (κ3) is 2.27. The number of hydrogen-bond acceptors (Lipinski definition) is 0. The van der Waals surface area contributed by atoms with Gasteiger partial charge < -0.3 is 0 Å². The molecule has 0 spiro atoms. The fourth-order valence-electron chi connectivity index (χ4n) is 1.39. The first-order chi connectivity index (χ1) is 5.52. The van der Waals surface area contributed by atoms with E-state index in [1.54, 1.807) is 0 Å². The fourth-order valence-corrected chi connectivity index (χ4v) is 6.01. The Morgan fingerprint density at radius 1 is 1.00 bits per heavy atom. The molecule has 0 aliphatic rings. The Balaban J connectivity index is 3.28. The van der Waals surface area contributed by atoms with Gasteiger partial charge in [0, 0.05) is 0 Å². The average molecular weight is 317 g/mol. The number of halogens is 3. The Kier molecular flexibility index (Phi) is 3.68. The minimum absolute atomic E-state index is 1.20. The van der Waals surface area contributed by atoms with E-state index in [0.29, 0.717) is 0 Å². The van der Waals surface area contributed by atoms with Gasteiger partial charge in [0.2, 0.25) is 0 Å². The minimum atomic E-state index is -1.85. The van der Waals surface area contributed by atoms with Gasteiger partial charge in [-0.25, -0.2) is 0 Å². The molecule has 1 rings (SSSR count). The van der Waals surface area contributed by atoms with Gasteiger partial charge in [-0.2, -0.15) is 0 Å². The van der Waals surface area contributed by atoms with E-state index < -0.39 is 17.6 Å². The summed E-state index contributed by atoms with van der Waals surface area (Å²) in [6.45, 7) is 6.24. The summed E-state index contributed by atoms with van der Waals surface area (Å²) in [5, 5.41) is 0. The molecule has 0 aromatic heterocycles. The molecule has 0 radical (unpaired) electrons. The van der Waals surface area contributed by atoms with Gasteiger partial charge in [-0.15, -0.1) is 0 Å². The molecule has 0 aliphatic heterocycles. The van der Waals surface area contributed by atoms with Gasteiger partial charge in [0.05, 0.1) is 0 Å². The Bertz CT molecular complexity index is 272. The van der Waals surface area contributed by atoms with Crippen LogP contribution >= 0.6 is 35.4 Å². The standard InChI is InChI=1S/C9H11Cl2I/c1-6-4-7(2)9(12(10)11)8(3)5-6/h4-5H,1-3H3. The van der Waals surface area contributed by atoms with E-state index >= 15 is 0 Å². The number of hydrogen-bond donors (Lipinski definition) is 0. The quantitative estimate of drug-likeness (QED) is 0.664. The van der Waals surface area contributed by atoms with Crippen molar-refractivity contribution >= 4 is 35.4 Å². The zero-order valence-corrected chi connectivity index (χ0v) is 11.0. The molecular formula is C9H11Cl2I. The van der Waals surface area contributed by atoms with Crippen molar-refractivity contribution in [2.24, 2.45) is 0 Å². The second kappa shape index (κ2) is 4.16. The van der Waals surface area contributed by atoms with Crippen molar-refractivity contribution < 1.29 is 0 Å². The number of benzene rings is 1. The van der Waals surface area contributed by atoms with Gasteiger partial charge in [0.25, 0.3) is 0 Å². The van der Waals surface area contributed by atoms with E-state index in [2.05, 4.69) is 32.9 Å². The zero-order valence-electron chi connectivity index (χ0n) is 7.29. The van der Waals surface area contributed by atoms with Crippen molar-refractivity contribution in [2.75, 3.05) is 0 Å². The van der Waals surface area contributed by atoms with Crippen LogP contribution in [0.25, 0.3) is 0 Å². The molecule has 0 fully saturated rings. The number of rotatable bonds is 1. The molecule has 0 bridgehead atoms. The Labute approximate surface area is 88.1 Å². The summed E-state index contributed by atoms with van der Waals surface area (Å²) in [6.07, 6.45) is 0. The van der Waals surface area contributed by atoms with Crippen LogP contribution < -0.4 is 0 Å². The van der Waals surface area contributed by atoms with E-state index in [4.69, 9.17) is 17.8 Å². The molecule has 1 aromatic rings. The molecule has 3 heteroatoms. The van der Waals surface area contributed by atoms with Crippen LogP contribution in [0.1, 0.15) is 16.7 Å². The SMILES string of the molecule is Cc1cc(C)c(I(Cl)Cl)c(C)c1. The molecule has 0 nitrogen and oxygen atoms in total. The van der Waals surface area contributed by atoms with Gasteiger partial charge in [0.1, 0.15) is 0 Å². The monoisotopic (exact) mass is 316 g/mol. The third-order valence-electron chi connectivity index (χ3n) is 1.72. The van der Waals surface area contributed by atoms with E-state index in [1.807, 2.05) is 0 Å². The third-order valence-corrected chi connectivity index (χ3v) is 6.16. The summed E-state index contributed by atoms with van der Waals surface area (Å²) >= 11 is -1.85.